The summed E-state index contributed by atoms with van der Waals surface area (Å²) < 4.78 is 0. The molecule has 4 heteroatoms. The quantitative estimate of drug-likeness (QED) is 0.575. The lowest BCUT2D eigenvalue weighted by Gasteiger charge is -2.33. The van der Waals surface area contributed by atoms with Crippen molar-refractivity contribution in [1.82, 2.24) is 5.32 Å². The smallest absolute Gasteiger partial charge is 0.115 e. The second-order valence-electron chi connectivity index (χ2n) is 5.20. The molecular formula is C15H25NO3. The summed E-state index contributed by atoms with van der Waals surface area (Å²) >= 11 is 0. The van der Waals surface area contributed by atoms with Crippen molar-refractivity contribution in [3.8, 4) is 5.75 Å². The summed E-state index contributed by atoms with van der Waals surface area (Å²) in [6, 6.07) is 7.39. The molecule has 108 valence electrons. The Kier molecular flexibility index (Phi) is 6.28. The van der Waals surface area contributed by atoms with E-state index in [2.05, 4.69) is 12.2 Å². The summed E-state index contributed by atoms with van der Waals surface area (Å²) in [5.41, 5.74) is 0.579. The van der Waals surface area contributed by atoms with Crippen LogP contribution in [0.25, 0.3) is 0 Å². The van der Waals surface area contributed by atoms with Gasteiger partial charge in [-0.15, -0.1) is 0 Å². The van der Waals surface area contributed by atoms with Crippen LogP contribution in [0.15, 0.2) is 24.3 Å². The minimum atomic E-state index is -0.589. The highest BCUT2D eigenvalue weighted by Gasteiger charge is 2.27. The number of hydrogen-bond acceptors (Lipinski definition) is 4. The molecule has 0 aliphatic rings. The molecule has 1 aromatic rings. The van der Waals surface area contributed by atoms with Crippen molar-refractivity contribution in [2.75, 3.05) is 13.2 Å². The minimum absolute atomic E-state index is 0.0659. The Balaban J connectivity index is 2.46. The Bertz CT molecular complexity index is 352. The zero-order chi connectivity index (χ0) is 14.3. The molecular weight excluding hydrogens is 242 g/mol. The van der Waals surface area contributed by atoms with E-state index >= 15 is 0 Å². The van der Waals surface area contributed by atoms with Gasteiger partial charge in [-0.05, 0) is 43.9 Å². The number of rotatable bonds is 8. The van der Waals surface area contributed by atoms with Crippen LogP contribution < -0.4 is 5.32 Å². The van der Waals surface area contributed by atoms with E-state index < -0.39 is 5.54 Å². The van der Waals surface area contributed by atoms with Gasteiger partial charge in [-0.2, -0.15) is 0 Å². The maximum absolute atomic E-state index is 9.39. The van der Waals surface area contributed by atoms with E-state index in [1.165, 1.54) is 5.56 Å². The van der Waals surface area contributed by atoms with Crippen LogP contribution in [0, 0.1) is 0 Å². The van der Waals surface area contributed by atoms with Gasteiger partial charge >= 0.3 is 0 Å². The molecule has 4 N–H and O–H groups in total. The average Bonchev–Trinajstić information content (AvgIpc) is 2.44. The van der Waals surface area contributed by atoms with Crippen LogP contribution >= 0.6 is 0 Å². The highest BCUT2D eigenvalue weighted by molar-refractivity contribution is 5.25. The van der Waals surface area contributed by atoms with Crippen molar-refractivity contribution in [2.24, 2.45) is 0 Å². The average molecular weight is 267 g/mol. The molecule has 0 radical (unpaired) electrons. The fraction of sp³-hybridized carbons (Fsp3) is 0.600. The van der Waals surface area contributed by atoms with Crippen molar-refractivity contribution in [2.45, 2.75) is 44.7 Å². The fourth-order valence-corrected chi connectivity index (χ4v) is 2.11. The van der Waals surface area contributed by atoms with Crippen LogP contribution in [0.2, 0.25) is 0 Å². The minimum Gasteiger partial charge on any atom is -0.508 e. The molecule has 0 aliphatic heterocycles. The van der Waals surface area contributed by atoms with Crippen LogP contribution in [-0.2, 0) is 6.42 Å². The monoisotopic (exact) mass is 267 g/mol. The van der Waals surface area contributed by atoms with Gasteiger partial charge < -0.3 is 20.6 Å². The molecule has 1 aromatic carbocycles. The predicted molar refractivity (Wildman–Crippen MR) is 76.2 cm³/mol. The fourth-order valence-electron chi connectivity index (χ4n) is 2.11. The number of nitrogens with one attached hydrogen (secondary N) is 1. The molecule has 1 rings (SSSR count). The third-order valence-electron chi connectivity index (χ3n) is 3.64. The third-order valence-corrected chi connectivity index (χ3v) is 3.64. The Morgan fingerprint density at radius 3 is 2.21 bits per heavy atom. The third kappa shape index (κ3) is 4.82. The standard InChI is InChI=1S/C15H25NO3/c1-3-15(10-17,11-18)16-12(2)4-5-13-6-8-14(19)9-7-13/h6-9,12,16-19H,3-5,10-11H2,1-2H3. The zero-order valence-electron chi connectivity index (χ0n) is 11.8. The van der Waals surface area contributed by atoms with E-state index in [0.29, 0.717) is 6.42 Å². The molecule has 1 unspecified atom stereocenters. The van der Waals surface area contributed by atoms with Crippen molar-refractivity contribution in [3.05, 3.63) is 29.8 Å². The molecule has 0 aromatic heterocycles. The number of benzene rings is 1. The van der Waals surface area contributed by atoms with Gasteiger partial charge in [-0.3, -0.25) is 0 Å². The second kappa shape index (κ2) is 7.48. The summed E-state index contributed by atoms with van der Waals surface area (Å²) in [4.78, 5) is 0. The van der Waals surface area contributed by atoms with Crippen LogP contribution in [0.5, 0.6) is 5.75 Å². The lowest BCUT2D eigenvalue weighted by Crippen LogP contribution is -2.54. The van der Waals surface area contributed by atoms with Crippen molar-refractivity contribution in [1.29, 1.82) is 0 Å². The van der Waals surface area contributed by atoms with E-state index in [0.717, 1.165) is 12.8 Å². The molecule has 0 spiro atoms. The SMILES string of the molecule is CCC(CO)(CO)NC(C)CCc1ccc(O)cc1. The second-order valence-corrected chi connectivity index (χ2v) is 5.20. The number of phenolic OH excluding ortho intramolecular Hbond substituents is 1. The highest BCUT2D eigenvalue weighted by atomic mass is 16.3. The van der Waals surface area contributed by atoms with Crippen LogP contribution in [0.3, 0.4) is 0 Å². The van der Waals surface area contributed by atoms with Gasteiger partial charge in [0.25, 0.3) is 0 Å². The van der Waals surface area contributed by atoms with E-state index in [-0.39, 0.29) is 25.0 Å². The van der Waals surface area contributed by atoms with Gasteiger partial charge in [-0.25, -0.2) is 0 Å². The number of aliphatic hydroxyl groups is 2. The van der Waals surface area contributed by atoms with Gasteiger partial charge in [0.05, 0.1) is 18.8 Å². The van der Waals surface area contributed by atoms with E-state index in [4.69, 9.17) is 0 Å². The molecule has 0 amide bonds. The van der Waals surface area contributed by atoms with Gasteiger partial charge in [0.1, 0.15) is 5.75 Å². The molecule has 0 saturated heterocycles. The summed E-state index contributed by atoms with van der Waals surface area (Å²) in [5, 5.41) is 31.3. The Morgan fingerprint density at radius 2 is 1.74 bits per heavy atom. The number of aliphatic hydroxyl groups excluding tert-OH is 2. The van der Waals surface area contributed by atoms with Gasteiger partial charge in [0.15, 0.2) is 0 Å². The normalized spacial score (nSPS) is 13.5. The lowest BCUT2D eigenvalue weighted by molar-refractivity contribution is 0.0784. The molecule has 0 aliphatic carbocycles. The van der Waals surface area contributed by atoms with Crippen LogP contribution in [0.1, 0.15) is 32.3 Å². The highest BCUT2D eigenvalue weighted by Crippen LogP contribution is 2.14. The molecule has 0 saturated carbocycles. The molecule has 4 nitrogen and oxygen atoms in total. The number of phenols is 1. The molecule has 0 fully saturated rings. The Morgan fingerprint density at radius 1 is 1.16 bits per heavy atom. The maximum atomic E-state index is 9.39. The number of aromatic hydroxyl groups is 1. The van der Waals surface area contributed by atoms with Crippen molar-refractivity contribution in [3.63, 3.8) is 0 Å². The first kappa shape index (κ1) is 16.0. The van der Waals surface area contributed by atoms with Crippen LogP contribution in [0.4, 0.5) is 0 Å². The molecule has 19 heavy (non-hydrogen) atoms. The number of aryl methyl sites for hydroxylation is 1. The Hall–Kier alpha value is -1.10. The number of hydrogen-bond donors (Lipinski definition) is 4. The van der Waals surface area contributed by atoms with Gasteiger partial charge in [0.2, 0.25) is 0 Å². The zero-order valence-corrected chi connectivity index (χ0v) is 11.8. The first-order valence-corrected chi connectivity index (χ1v) is 6.82. The predicted octanol–water partition coefficient (Wildman–Crippen LogP) is 1.44. The van der Waals surface area contributed by atoms with E-state index in [1.807, 2.05) is 19.1 Å². The van der Waals surface area contributed by atoms with Gasteiger partial charge in [0, 0.05) is 6.04 Å². The summed E-state index contributed by atoms with van der Waals surface area (Å²) in [6.07, 6.45) is 2.49. The first-order chi connectivity index (χ1) is 9.05. The molecule has 1 atom stereocenters. The van der Waals surface area contributed by atoms with Gasteiger partial charge in [-0.1, -0.05) is 19.1 Å². The maximum Gasteiger partial charge on any atom is 0.115 e. The van der Waals surface area contributed by atoms with Crippen LogP contribution in [-0.4, -0.2) is 40.1 Å². The summed E-state index contributed by atoms with van der Waals surface area (Å²) in [6.45, 7) is 3.87. The molecule has 0 heterocycles. The van der Waals surface area contributed by atoms with Crippen molar-refractivity contribution < 1.29 is 15.3 Å². The van der Waals surface area contributed by atoms with Crippen molar-refractivity contribution >= 4 is 0 Å². The summed E-state index contributed by atoms with van der Waals surface area (Å²) in [7, 11) is 0. The first-order valence-electron chi connectivity index (χ1n) is 6.82. The lowest BCUT2D eigenvalue weighted by atomic mass is 9.95. The topological polar surface area (TPSA) is 72.7 Å². The van der Waals surface area contributed by atoms with E-state index in [9.17, 15) is 15.3 Å². The summed E-state index contributed by atoms with van der Waals surface area (Å²) in [5.74, 6) is 0.278. The Labute approximate surface area is 115 Å². The van der Waals surface area contributed by atoms with E-state index in [1.54, 1.807) is 12.1 Å². The molecule has 0 bridgehead atoms. The largest absolute Gasteiger partial charge is 0.508 e.